The Balaban J connectivity index is 3.05. The summed E-state index contributed by atoms with van der Waals surface area (Å²) in [5.41, 5.74) is 3.59. The zero-order valence-corrected chi connectivity index (χ0v) is 14.6. The Morgan fingerprint density at radius 1 is 1.16 bits per heavy atom. The zero-order chi connectivity index (χ0) is 14.3. The third-order valence-electron chi connectivity index (χ3n) is 2.95. The third kappa shape index (κ3) is 5.24. The van der Waals surface area contributed by atoms with Gasteiger partial charge in [-0.3, -0.25) is 0 Å². The fourth-order valence-corrected chi connectivity index (χ4v) is 2.71. The van der Waals surface area contributed by atoms with Gasteiger partial charge in [-0.15, -0.1) is 0 Å². The van der Waals surface area contributed by atoms with Crippen LogP contribution in [0.3, 0.4) is 0 Å². The molecule has 0 N–H and O–H groups in total. The van der Waals surface area contributed by atoms with E-state index < -0.39 is 9.04 Å². The summed E-state index contributed by atoms with van der Waals surface area (Å²) < 4.78 is 5.88. The molecule has 0 aliphatic rings. The molecule has 0 atom stereocenters. The molecule has 3 nitrogen and oxygen atoms in total. The van der Waals surface area contributed by atoms with Crippen LogP contribution in [0.5, 0.6) is 0 Å². The van der Waals surface area contributed by atoms with Crippen molar-refractivity contribution in [2.45, 2.75) is 64.4 Å². The maximum Gasteiger partial charge on any atom is 0.205 e. The lowest BCUT2D eigenvalue weighted by Crippen LogP contribution is -2.13. The van der Waals surface area contributed by atoms with Crippen LogP contribution in [0, 0.1) is 0 Å². The van der Waals surface area contributed by atoms with Gasteiger partial charge >= 0.3 is 0 Å². The van der Waals surface area contributed by atoms with E-state index in [1.54, 1.807) is 11.8 Å². The highest BCUT2D eigenvalue weighted by molar-refractivity contribution is 7.98. The standard InChI is InChI=1S/C14H25N2OSSi/c1-6-8-9-13-11(10-17-19(4)5)12(7-2)15-14(16-13)18-3/h6-10H2,1-5H3. The largest absolute Gasteiger partial charge is 0.413 e. The van der Waals surface area contributed by atoms with Gasteiger partial charge in [0.15, 0.2) is 5.16 Å². The number of aromatic nitrogens is 2. The fourth-order valence-electron chi connectivity index (χ4n) is 1.88. The van der Waals surface area contributed by atoms with Gasteiger partial charge in [0.2, 0.25) is 9.04 Å². The molecule has 0 aromatic carbocycles. The van der Waals surface area contributed by atoms with Crippen LogP contribution in [0.1, 0.15) is 43.6 Å². The van der Waals surface area contributed by atoms with Crippen LogP contribution in [0.15, 0.2) is 5.16 Å². The highest BCUT2D eigenvalue weighted by Crippen LogP contribution is 2.20. The highest BCUT2D eigenvalue weighted by atomic mass is 32.2. The molecule has 1 radical (unpaired) electrons. The minimum Gasteiger partial charge on any atom is -0.413 e. The summed E-state index contributed by atoms with van der Waals surface area (Å²) in [7, 11) is -0.670. The van der Waals surface area contributed by atoms with E-state index in [4.69, 9.17) is 9.41 Å². The molecule has 1 rings (SSSR count). The smallest absolute Gasteiger partial charge is 0.205 e. The van der Waals surface area contributed by atoms with Crippen LogP contribution in [0.25, 0.3) is 0 Å². The number of hydrogen-bond acceptors (Lipinski definition) is 4. The summed E-state index contributed by atoms with van der Waals surface area (Å²) in [6.07, 6.45) is 6.39. The van der Waals surface area contributed by atoms with Gasteiger partial charge in [-0.2, -0.15) is 0 Å². The summed E-state index contributed by atoms with van der Waals surface area (Å²) in [6, 6.07) is 0. The molecule has 0 aliphatic heterocycles. The molecular formula is C14H25N2OSSi. The van der Waals surface area contributed by atoms with Crippen molar-refractivity contribution >= 4 is 20.8 Å². The second-order valence-corrected chi connectivity index (χ2v) is 7.61. The lowest BCUT2D eigenvalue weighted by molar-refractivity contribution is 0.309. The van der Waals surface area contributed by atoms with Gasteiger partial charge in [0.05, 0.1) is 18.0 Å². The summed E-state index contributed by atoms with van der Waals surface area (Å²) in [5, 5.41) is 0.894. The molecule has 5 heteroatoms. The number of hydrogen-bond donors (Lipinski definition) is 0. The van der Waals surface area contributed by atoms with Gasteiger partial charge in [-0.25, -0.2) is 9.97 Å². The molecule has 0 unspecified atom stereocenters. The van der Waals surface area contributed by atoms with Gasteiger partial charge in [-0.1, -0.05) is 32.0 Å². The Morgan fingerprint density at radius 2 is 1.84 bits per heavy atom. The van der Waals surface area contributed by atoms with Crippen LogP contribution < -0.4 is 0 Å². The SMILES string of the molecule is CCCCc1nc(SC)nc(CC)c1CO[Si](C)C. The van der Waals surface area contributed by atoms with Gasteiger partial charge in [0.25, 0.3) is 0 Å². The molecule has 0 amide bonds. The van der Waals surface area contributed by atoms with Crippen LogP contribution in [-0.4, -0.2) is 25.3 Å². The minimum atomic E-state index is -0.670. The van der Waals surface area contributed by atoms with Crippen molar-refractivity contribution in [3.8, 4) is 0 Å². The van der Waals surface area contributed by atoms with Crippen LogP contribution in [0.4, 0.5) is 0 Å². The van der Waals surface area contributed by atoms with E-state index in [1.807, 2.05) is 6.26 Å². The van der Waals surface area contributed by atoms with E-state index in [1.165, 1.54) is 24.1 Å². The molecule has 1 heterocycles. The third-order valence-corrected chi connectivity index (χ3v) is 4.22. The first-order valence-electron chi connectivity index (χ1n) is 6.97. The van der Waals surface area contributed by atoms with Gasteiger partial charge in [0, 0.05) is 5.56 Å². The molecule has 0 spiro atoms. The van der Waals surface area contributed by atoms with E-state index in [0.29, 0.717) is 6.61 Å². The monoisotopic (exact) mass is 297 g/mol. The van der Waals surface area contributed by atoms with E-state index in [0.717, 1.165) is 23.7 Å². The maximum atomic E-state index is 5.88. The average Bonchev–Trinajstić information content (AvgIpc) is 2.42. The molecule has 0 bridgehead atoms. The molecule has 19 heavy (non-hydrogen) atoms. The Morgan fingerprint density at radius 3 is 2.37 bits per heavy atom. The number of nitrogens with zero attached hydrogens (tertiary/aromatic N) is 2. The summed E-state index contributed by atoms with van der Waals surface area (Å²) in [6.45, 7) is 9.38. The zero-order valence-electron chi connectivity index (χ0n) is 12.7. The first-order valence-corrected chi connectivity index (χ1v) is 10.6. The predicted octanol–water partition coefficient (Wildman–Crippen LogP) is 3.87. The van der Waals surface area contributed by atoms with E-state index in [9.17, 15) is 0 Å². The van der Waals surface area contributed by atoms with Crippen LogP contribution >= 0.6 is 11.8 Å². The second kappa shape index (κ2) is 8.71. The highest BCUT2D eigenvalue weighted by Gasteiger charge is 2.14. The van der Waals surface area contributed by atoms with Crippen molar-refractivity contribution in [3.63, 3.8) is 0 Å². The van der Waals surface area contributed by atoms with E-state index >= 15 is 0 Å². The Bertz CT molecular complexity index is 399. The van der Waals surface area contributed by atoms with Crippen molar-refractivity contribution in [1.29, 1.82) is 0 Å². The van der Waals surface area contributed by atoms with Crippen LogP contribution in [0.2, 0.25) is 13.1 Å². The summed E-state index contributed by atoms with van der Waals surface area (Å²) in [4.78, 5) is 9.34. The molecule has 0 saturated carbocycles. The first-order chi connectivity index (χ1) is 9.12. The number of rotatable bonds is 8. The van der Waals surface area contributed by atoms with Crippen molar-refractivity contribution in [2.75, 3.05) is 6.26 Å². The second-order valence-electron chi connectivity index (χ2n) is 4.74. The van der Waals surface area contributed by atoms with Gasteiger partial charge in [0.1, 0.15) is 0 Å². The van der Waals surface area contributed by atoms with Crippen molar-refractivity contribution in [1.82, 2.24) is 9.97 Å². The lowest BCUT2D eigenvalue weighted by Gasteiger charge is -2.15. The fraction of sp³-hybridized carbons (Fsp3) is 0.714. The lowest BCUT2D eigenvalue weighted by atomic mass is 10.1. The molecule has 0 fully saturated rings. The summed E-state index contributed by atoms with van der Waals surface area (Å²) in [5.74, 6) is 0. The van der Waals surface area contributed by atoms with Gasteiger partial charge < -0.3 is 4.43 Å². The average molecular weight is 298 g/mol. The predicted molar refractivity (Wildman–Crippen MR) is 84.1 cm³/mol. The maximum absolute atomic E-state index is 5.88. The molecule has 1 aromatic rings. The van der Waals surface area contributed by atoms with Crippen molar-refractivity contribution in [3.05, 3.63) is 17.0 Å². The van der Waals surface area contributed by atoms with Gasteiger partial charge in [-0.05, 0) is 38.6 Å². The Hall–Kier alpha value is -0.393. The number of unbranched alkanes of at least 4 members (excludes halogenated alkanes) is 1. The van der Waals surface area contributed by atoms with Crippen molar-refractivity contribution in [2.24, 2.45) is 0 Å². The molecule has 0 saturated heterocycles. The Labute approximate surface area is 123 Å². The number of aryl methyl sites for hydroxylation is 2. The normalized spacial score (nSPS) is 11.3. The molecule has 1 aromatic heterocycles. The minimum absolute atomic E-state index is 0.670. The Kier molecular flexibility index (Phi) is 7.64. The molecule has 0 aliphatic carbocycles. The summed E-state index contributed by atoms with van der Waals surface area (Å²) >= 11 is 1.62. The molecular weight excluding hydrogens is 272 g/mol. The van der Waals surface area contributed by atoms with Crippen molar-refractivity contribution < 1.29 is 4.43 Å². The number of thioether (sulfide) groups is 1. The first kappa shape index (κ1) is 16.7. The quantitative estimate of drug-likeness (QED) is 0.414. The topological polar surface area (TPSA) is 35.0 Å². The van der Waals surface area contributed by atoms with E-state index in [-0.39, 0.29) is 0 Å². The molecule has 107 valence electrons. The van der Waals surface area contributed by atoms with E-state index in [2.05, 4.69) is 31.9 Å². The van der Waals surface area contributed by atoms with Crippen LogP contribution in [-0.2, 0) is 23.9 Å².